The van der Waals surface area contributed by atoms with E-state index in [1.807, 2.05) is 0 Å². The third kappa shape index (κ3) is 8.11. The largest absolute Gasteiger partial charge is 0.744 e. The van der Waals surface area contributed by atoms with Gasteiger partial charge < -0.3 is 4.55 Å². The molecule has 0 bridgehead atoms. The Morgan fingerprint density at radius 2 is 1.08 bits per heavy atom. The SMILES string of the molecule is Cc1ccc([S+](c2ccccc2)c2ccccc2)c(C)c1.O=S(=O)([O-])c1cc(C(F)(F)F)cc(C(F)(F)F)c1. The fourth-order valence-electron chi connectivity index (χ4n) is 3.60. The molecule has 0 aliphatic rings. The lowest BCUT2D eigenvalue weighted by atomic mass is 10.1. The summed E-state index contributed by atoms with van der Waals surface area (Å²) in [6.07, 6.45) is -10.4. The molecule has 0 radical (unpaired) electrons. The van der Waals surface area contributed by atoms with Gasteiger partial charge in [-0.25, -0.2) is 8.42 Å². The summed E-state index contributed by atoms with van der Waals surface area (Å²) in [6.45, 7) is 4.37. The average Bonchev–Trinajstić information content (AvgIpc) is 2.85. The predicted octanol–water partition coefficient (Wildman–Crippen LogP) is 8.03. The molecule has 4 rings (SSSR count). The van der Waals surface area contributed by atoms with Crippen molar-refractivity contribution in [3.8, 4) is 0 Å². The van der Waals surface area contributed by atoms with Gasteiger partial charge in [0.05, 0.1) is 26.9 Å². The molecule has 0 saturated carbocycles. The van der Waals surface area contributed by atoms with Crippen molar-refractivity contribution in [2.24, 2.45) is 0 Å². The van der Waals surface area contributed by atoms with E-state index in [4.69, 9.17) is 0 Å². The molecule has 11 heteroatoms. The lowest BCUT2D eigenvalue weighted by Crippen LogP contribution is -2.13. The van der Waals surface area contributed by atoms with Gasteiger partial charge in [0.25, 0.3) is 0 Å². The highest BCUT2D eigenvalue weighted by Crippen LogP contribution is 2.37. The molecule has 39 heavy (non-hydrogen) atoms. The Balaban J connectivity index is 0.000000219. The first-order valence-electron chi connectivity index (χ1n) is 11.2. The van der Waals surface area contributed by atoms with E-state index in [2.05, 4.69) is 92.7 Å². The number of halogens is 6. The van der Waals surface area contributed by atoms with Gasteiger partial charge in [0.1, 0.15) is 10.1 Å². The zero-order valence-corrected chi connectivity index (χ0v) is 22.2. The summed E-state index contributed by atoms with van der Waals surface area (Å²) in [4.78, 5) is 2.58. The Morgan fingerprint density at radius 1 is 0.641 bits per heavy atom. The number of aryl methyl sites for hydroxylation is 2. The predicted molar refractivity (Wildman–Crippen MR) is 135 cm³/mol. The first-order valence-corrected chi connectivity index (χ1v) is 13.9. The van der Waals surface area contributed by atoms with Crippen LogP contribution in [0.25, 0.3) is 0 Å². The number of hydrogen-bond donors (Lipinski definition) is 0. The molecule has 0 fully saturated rings. The Hall–Kier alpha value is -3.28. The molecule has 3 nitrogen and oxygen atoms in total. The molecule has 206 valence electrons. The summed E-state index contributed by atoms with van der Waals surface area (Å²) in [7, 11) is -5.45. The topological polar surface area (TPSA) is 57.2 Å². The van der Waals surface area contributed by atoms with Gasteiger partial charge in [0.15, 0.2) is 14.7 Å². The van der Waals surface area contributed by atoms with Crippen molar-refractivity contribution >= 4 is 21.0 Å². The molecule has 0 amide bonds. The summed E-state index contributed by atoms with van der Waals surface area (Å²) >= 11 is 0. The lowest BCUT2D eigenvalue weighted by molar-refractivity contribution is -0.143. The highest BCUT2D eigenvalue weighted by Gasteiger charge is 2.37. The van der Waals surface area contributed by atoms with Crippen molar-refractivity contribution in [3.05, 3.63) is 119 Å². The van der Waals surface area contributed by atoms with Crippen LogP contribution in [0.4, 0.5) is 26.3 Å². The molecule has 0 spiro atoms. The average molecular weight is 585 g/mol. The first kappa shape index (κ1) is 30.3. The van der Waals surface area contributed by atoms with E-state index in [0.29, 0.717) is 0 Å². The zero-order chi connectivity index (χ0) is 29.0. The van der Waals surface area contributed by atoms with Crippen LogP contribution >= 0.6 is 0 Å². The van der Waals surface area contributed by atoms with Crippen LogP contribution in [0.2, 0.25) is 0 Å². The highest BCUT2D eigenvalue weighted by molar-refractivity contribution is 7.97. The summed E-state index contributed by atoms with van der Waals surface area (Å²) in [5.74, 6) is 0. The van der Waals surface area contributed by atoms with Gasteiger partial charge in [-0.3, -0.25) is 0 Å². The Morgan fingerprint density at radius 3 is 1.44 bits per heavy atom. The zero-order valence-electron chi connectivity index (χ0n) is 20.5. The third-order valence-electron chi connectivity index (χ3n) is 5.36. The summed E-state index contributed by atoms with van der Waals surface area (Å²) in [5.41, 5.74) is -1.02. The van der Waals surface area contributed by atoms with Gasteiger partial charge in [0, 0.05) is 5.56 Å². The second kappa shape index (κ2) is 11.8. The van der Waals surface area contributed by atoms with Gasteiger partial charge in [-0.15, -0.1) is 0 Å². The summed E-state index contributed by atoms with van der Waals surface area (Å²) in [6, 6.07) is 27.8. The van der Waals surface area contributed by atoms with Gasteiger partial charge in [-0.2, -0.15) is 26.3 Å². The molecule has 4 aromatic carbocycles. The van der Waals surface area contributed by atoms with Crippen molar-refractivity contribution < 1.29 is 39.3 Å². The molecule has 0 aliphatic carbocycles. The summed E-state index contributed by atoms with van der Waals surface area (Å²) < 4.78 is 105. The van der Waals surface area contributed by atoms with E-state index in [1.165, 1.54) is 25.8 Å². The maximum absolute atomic E-state index is 12.3. The third-order valence-corrected chi connectivity index (χ3v) is 8.56. The summed E-state index contributed by atoms with van der Waals surface area (Å²) in [5, 5.41) is 0. The fourth-order valence-corrected chi connectivity index (χ4v) is 6.37. The van der Waals surface area contributed by atoms with E-state index in [0.717, 1.165) is 0 Å². The highest BCUT2D eigenvalue weighted by atomic mass is 32.2. The molecular formula is C28H22F6O3S2. The normalized spacial score (nSPS) is 12.2. The molecule has 0 aromatic heterocycles. The second-order valence-electron chi connectivity index (χ2n) is 8.40. The molecule has 0 aliphatic heterocycles. The van der Waals surface area contributed by atoms with E-state index in [-0.39, 0.29) is 29.1 Å². The van der Waals surface area contributed by atoms with Crippen LogP contribution in [-0.4, -0.2) is 13.0 Å². The molecule has 0 unspecified atom stereocenters. The first-order chi connectivity index (χ1) is 18.1. The van der Waals surface area contributed by atoms with Crippen LogP contribution in [0, 0.1) is 13.8 Å². The van der Waals surface area contributed by atoms with Crippen molar-refractivity contribution in [1.82, 2.24) is 0 Å². The number of benzene rings is 4. The fraction of sp³-hybridized carbons (Fsp3) is 0.143. The van der Waals surface area contributed by atoms with E-state index in [1.54, 1.807) is 0 Å². The number of rotatable bonds is 4. The molecule has 0 heterocycles. The molecular weight excluding hydrogens is 562 g/mol. The monoisotopic (exact) mass is 584 g/mol. The Labute approximate surface area is 225 Å². The quantitative estimate of drug-likeness (QED) is 0.139. The van der Waals surface area contributed by atoms with Crippen LogP contribution in [-0.2, 0) is 33.4 Å². The van der Waals surface area contributed by atoms with Gasteiger partial charge in [0.2, 0.25) is 0 Å². The maximum atomic E-state index is 12.3. The van der Waals surface area contributed by atoms with Crippen molar-refractivity contribution in [1.29, 1.82) is 0 Å². The van der Waals surface area contributed by atoms with Crippen LogP contribution < -0.4 is 0 Å². The van der Waals surface area contributed by atoms with E-state index < -0.39 is 38.5 Å². The maximum Gasteiger partial charge on any atom is 0.416 e. The van der Waals surface area contributed by atoms with Crippen molar-refractivity contribution in [2.75, 3.05) is 0 Å². The smallest absolute Gasteiger partial charge is 0.416 e. The number of hydrogen-bond acceptors (Lipinski definition) is 3. The van der Waals surface area contributed by atoms with Crippen LogP contribution in [0.5, 0.6) is 0 Å². The van der Waals surface area contributed by atoms with Gasteiger partial charge in [-0.1, -0.05) is 54.1 Å². The lowest BCUT2D eigenvalue weighted by Gasteiger charge is -2.15. The molecule has 0 N–H and O–H groups in total. The van der Waals surface area contributed by atoms with Crippen LogP contribution in [0.15, 0.2) is 117 Å². The molecule has 0 atom stereocenters. The minimum atomic E-state index is -5.42. The van der Waals surface area contributed by atoms with Gasteiger partial charge in [-0.05, 0) is 62.4 Å². The van der Waals surface area contributed by atoms with Gasteiger partial charge >= 0.3 is 12.4 Å². The van der Waals surface area contributed by atoms with Crippen LogP contribution in [0.3, 0.4) is 0 Å². The molecule has 4 aromatic rings. The Bertz CT molecular complexity index is 1450. The second-order valence-corrected chi connectivity index (χ2v) is 11.8. The minimum Gasteiger partial charge on any atom is -0.744 e. The number of alkyl halides is 6. The van der Waals surface area contributed by atoms with E-state index in [9.17, 15) is 39.3 Å². The minimum absolute atomic E-state index is 0.0345. The van der Waals surface area contributed by atoms with Crippen LogP contribution in [0.1, 0.15) is 22.3 Å². The molecule has 0 saturated heterocycles. The van der Waals surface area contributed by atoms with Crippen molar-refractivity contribution in [3.63, 3.8) is 0 Å². The van der Waals surface area contributed by atoms with E-state index >= 15 is 0 Å². The van der Waals surface area contributed by atoms with Crippen molar-refractivity contribution in [2.45, 2.75) is 45.8 Å². The Kier molecular flexibility index (Phi) is 9.20. The standard InChI is InChI=1S/C20H19S.C8H4F6O3S/c1-16-13-14-20(17(2)15-16)21(18-9-5-3-6-10-18)19-11-7-4-8-12-19;9-7(10,11)4-1-5(8(12,13)14)3-6(2-4)18(15,16)17/h3-15H,1-2H3;1-3H,(H,15,16,17)/q+1;/p-1.